The number of carboxylic acids is 1. The van der Waals surface area contributed by atoms with Crippen molar-refractivity contribution in [2.75, 3.05) is 5.75 Å². The van der Waals surface area contributed by atoms with Gasteiger partial charge in [0.2, 0.25) is 0 Å². The van der Waals surface area contributed by atoms with Crippen LogP contribution in [0.5, 0.6) is 0 Å². The third-order valence-corrected chi connectivity index (χ3v) is 4.84. The lowest BCUT2D eigenvalue weighted by Crippen LogP contribution is -2.25. The number of aryl methyl sites for hydroxylation is 1. The molecule has 0 radical (unpaired) electrons. The molecule has 0 bridgehead atoms. The average Bonchev–Trinajstić information content (AvgIpc) is 2.67. The first-order valence-corrected chi connectivity index (χ1v) is 7.86. The minimum atomic E-state index is -0.789. The fourth-order valence-corrected chi connectivity index (χ4v) is 3.83. The lowest BCUT2D eigenvalue weighted by molar-refractivity contribution is -0.133. The Kier molecular flexibility index (Phi) is 4.55. The molecule has 0 amide bonds. The molecule has 1 aromatic heterocycles. The van der Waals surface area contributed by atoms with Gasteiger partial charge in [-0.25, -0.2) is 4.98 Å². The largest absolute Gasteiger partial charge is 0.481 e. The summed E-state index contributed by atoms with van der Waals surface area (Å²) in [6.45, 7) is 6.57. The van der Waals surface area contributed by atoms with E-state index in [2.05, 4.69) is 29.6 Å². The number of thioether (sulfide) groups is 1. The Balaban J connectivity index is 2.16. The highest BCUT2D eigenvalue weighted by atomic mass is 32.2. The molecule has 3 unspecified atom stereocenters. The number of hydrogen-bond acceptors (Lipinski definition) is 3. The number of nitrogens with zero attached hydrogens (tertiary/aromatic N) is 2. The molecule has 4 nitrogen and oxygen atoms in total. The standard InChI is InChI=1S/C14H22N2O2S/c1-9-4-5-12(10(2)6-9)16-7-11(3)15-14(16)19-8-13(17)18/h7,9-10,12H,4-6,8H2,1-3H3,(H,17,18). The molecule has 0 saturated heterocycles. The monoisotopic (exact) mass is 282 g/mol. The molecule has 0 spiro atoms. The van der Waals surface area contributed by atoms with E-state index < -0.39 is 5.97 Å². The van der Waals surface area contributed by atoms with Crippen molar-refractivity contribution in [2.45, 2.75) is 51.2 Å². The van der Waals surface area contributed by atoms with Gasteiger partial charge in [-0.3, -0.25) is 4.79 Å². The summed E-state index contributed by atoms with van der Waals surface area (Å²) < 4.78 is 2.21. The second kappa shape index (κ2) is 5.99. The molecule has 1 heterocycles. The summed E-state index contributed by atoms with van der Waals surface area (Å²) in [6, 6.07) is 0.466. The number of aromatic nitrogens is 2. The fourth-order valence-electron chi connectivity index (χ4n) is 3.03. The van der Waals surface area contributed by atoms with Crippen LogP contribution in [0, 0.1) is 18.8 Å². The fraction of sp³-hybridized carbons (Fsp3) is 0.714. The number of carboxylic acid groups (broad SMARTS) is 1. The zero-order valence-electron chi connectivity index (χ0n) is 11.8. The van der Waals surface area contributed by atoms with E-state index in [1.165, 1.54) is 31.0 Å². The number of imidazole rings is 1. The number of aliphatic carboxylic acids is 1. The van der Waals surface area contributed by atoms with E-state index in [0.29, 0.717) is 12.0 Å². The van der Waals surface area contributed by atoms with Crippen molar-refractivity contribution in [3.05, 3.63) is 11.9 Å². The van der Waals surface area contributed by atoms with Crippen molar-refractivity contribution in [2.24, 2.45) is 11.8 Å². The van der Waals surface area contributed by atoms with Gasteiger partial charge in [0.1, 0.15) is 0 Å². The van der Waals surface area contributed by atoms with Crippen LogP contribution in [0.4, 0.5) is 0 Å². The minimum absolute atomic E-state index is 0.0773. The van der Waals surface area contributed by atoms with Crippen molar-refractivity contribution in [1.29, 1.82) is 0 Å². The Morgan fingerprint density at radius 2 is 2.26 bits per heavy atom. The van der Waals surface area contributed by atoms with Crippen LogP contribution in [-0.2, 0) is 4.79 Å². The number of carbonyl (C=O) groups is 1. The van der Waals surface area contributed by atoms with Crippen molar-refractivity contribution < 1.29 is 9.90 Å². The molecule has 106 valence electrons. The predicted octanol–water partition coefficient (Wildman–Crippen LogP) is 3.37. The molecule has 2 rings (SSSR count). The normalized spacial score (nSPS) is 27.4. The molecular weight excluding hydrogens is 260 g/mol. The van der Waals surface area contributed by atoms with E-state index in [-0.39, 0.29) is 5.75 Å². The summed E-state index contributed by atoms with van der Waals surface area (Å²) in [5.74, 6) is 0.712. The second-order valence-corrected chi connectivity index (χ2v) is 6.66. The van der Waals surface area contributed by atoms with Gasteiger partial charge in [0.25, 0.3) is 0 Å². The van der Waals surface area contributed by atoms with Gasteiger partial charge in [0.15, 0.2) is 5.16 Å². The smallest absolute Gasteiger partial charge is 0.313 e. The van der Waals surface area contributed by atoms with Crippen LogP contribution >= 0.6 is 11.8 Å². The van der Waals surface area contributed by atoms with Crippen LogP contribution in [0.25, 0.3) is 0 Å². The van der Waals surface area contributed by atoms with Crippen LogP contribution in [-0.4, -0.2) is 26.4 Å². The highest BCUT2D eigenvalue weighted by Crippen LogP contribution is 2.38. The molecule has 1 saturated carbocycles. The number of hydrogen-bond donors (Lipinski definition) is 1. The SMILES string of the molecule is Cc1cn(C2CCC(C)CC2C)c(SCC(=O)O)n1. The summed E-state index contributed by atoms with van der Waals surface area (Å²) in [5, 5.41) is 9.66. The zero-order valence-corrected chi connectivity index (χ0v) is 12.6. The maximum absolute atomic E-state index is 10.7. The summed E-state index contributed by atoms with van der Waals surface area (Å²) in [6.07, 6.45) is 5.72. The maximum Gasteiger partial charge on any atom is 0.313 e. The van der Waals surface area contributed by atoms with Gasteiger partial charge < -0.3 is 9.67 Å². The first-order chi connectivity index (χ1) is 8.97. The third kappa shape index (κ3) is 3.53. The molecule has 1 N–H and O–H groups in total. The minimum Gasteiger partial charge on any atom is -0.481 e. The van der Waals surface area contributed by atoms with Gasteiger partial charge in [-0.2, -0.15) is 0 Å². The van der Waals surface area contributed by atoms with Crippen molar-refractivity contribution in [3.63, 3.8) is 0 Å². The third-order valence-electron chi connectivity index (χ3n) is 3.89. The summed E-state index contributed by atoms with van der Waals surface area (Å²) in [4.78, 5) is 15.2. The lowest BCUT2D eigenvalue weighted by Gasteiger charge is -2.34. The number of rotatable bonds is 4. The van der Waals surface area contributed by atoms with E-state index in [1.807, 2.05) is 6.92 Å². The first kappa shape index (κ1) is 14.4. The van der Waals surface area contributed by atoms with E-state index >= 15 is 0 Å². The quantitative estimate of drug-likeness (QED) is 0.860. The van der Waals surface area contributed by atoms with Crippen LogP contribution in [0.2, 0.25) is 0 Å². The van der Waals surface area contributed by atoms with Gasteiger partial charge in [0.05, 0.1) is 11.4 Å². The molecule has 19 heavy (non-hydrogen) atoms. The Labute approximate surface area is 118 Å². The van der Waals surface area contributed by atoms with Gasteiger partial charge >= 0.3 is 5.97 Å². The Morgan fingerprint density at radius 3 is 2.89 bits per heavy atom. The van der Waals surface area contributed by atoms with Gasteiger partial charge in [-0.15, -0.1) is 0 Å². The van der Waals surface area contributed by atoms with Crippen LogP contribution in [0.1, 0.15) is 44.8 Å². The molecule has 3 atom stereocenters. The zero-order chi connectivity index (χ0) is 14.0. The summed E-state index contributed by atoms with van der Waals surface area (Å²) in [5.41, 5.74) is 0.971. The second-order valence-electron chi connectivity index (χ2n) is 5.72. The topological polar surface area (TPSA) is 55.1 Å². The predicted molar refractivity (Wildman–Crippen MR) is 76.5 cm³/mol. The summed E-state index contributed by atoms with van der Waals surface area (Å²) in [7, 11) is 0. The molecule has 0 aliphatic heterocycles. The van der Waals surface area contributed by atoms with Gasteiger partial charge in [-0.05, 0) is 38.0 Å². The Hall–Kier alpha value is -0.970. The highest BCUT2D eigenvalue weighted by Gasteiger charge is 2.28. The van der Waals surface area contributed by atoms with Crippen molar-refractivity contribution in [1.82, 2.24) is 9.55 Å². The molecule has 1 aliphatic carbocycles. The molecule has 1 aliphatic rings. The molecule has 1 aromatic rings. The molecule has 1 fully saturated rings. The van der Waals surface area contributed by atoms with Crippen LogP contribution < -0.4 is 0 Å². The first-order valence-electron chi connectivity index (χ1n) is 6.87. The maximum atomic E-state index is 10.7. The van der Waals surface area contributed by atoms with E-state index in [0.717, 1.165) is 16.8 Å². The Bertz CT molecular complexity index is 458. The van der Waals surface area contributed by atoms with Crippen LogP contribution in [0.3, 0.4) is 0 Å². The molecule has 5 heteroatoms. The van der Waals surface area contributed by atoms with E-state index in [4.69, 9.17) is 5.11 Å². The lowest BCUT2D eigenvalue weighted by atomic mass is 9.80. The highest BCUT2D eigenvalue weighted by molar-refractivity contribution is 7.99. The van der Waals surface area contributed by atoms with Crippen molar-refractivity contribution >= 4 is 17.7 Å². The Morgan fingerprint density at radius 1 is 1.53 bits per heavy atom. The average molecular weight is 282 g/mol. The van der Waals surface area contributed by atoms with Crippen LogP contribution in [0.15, 0.2) is 11.4 Å². The van der Waals surface area contributed by atoms with E-state index in [1.54, 1.807) is 0 Å². The van der Waals surface area contributed by atoms with Gasteiger partial charge in [0, 0.05) is 12.2 Å². The molecular formula is C14H22N2O2S. The van der Waals surface area contributed by atoms with Gasteiger partial charge in [-0.1, -0.05) is 25.6 Å². The summed E-state index contributed by atoms with van der Waals surface area (Å²) >= 11 is 1.32. The molecule has 0 aromatic carbocycles. The van der Waals surface area contributed by atoms with Crippen molar-refractivity contribution in [3.8, 4) is 0 Å². The van der Waals surface area contributed by atoms with E-state index in [9.17, 15) is 4.79 Å².